The molecule has 32 heavy (non-hydrogen) atoms. The van der Waals surface area contributed by atoms with Crippen molar-refractivity contribution < 1.29 is 9.53 Å². The van der Waals surface area contributed by atoms with E-state index in [4.69, 9.17) is 4.74 Å². The second kappa shape index (κ2) is 8.37. The summed E-state index contributed by atoms with van der Waals surface area (Å²) >= 11 is 0. The van der Waals surface area contributed by atoms with Gasteiger partial charge in [0.1, 0.15) is 11.6 Å². The number of amides is 1. The van der Waals surface area contributed by atoms with E-state index in [2.05, 4.69) is 28.4 Å². The third-order valence-corrected chi connectivity index (χ3v) is 7.14. The van der Waals surface area contributed by atoms with E-state index in [1.807, 2.05) is 42.1 Å². The van der Waals surface area contributed by atoms with Crippen molar-refractivity contribution in [1.29, 1.82) is 0 Å². The largest absolute Gasteiger partial charge is 0.497 e. The van der Waals surface area contributed by atoms with E-state index in [9.17, 15) is 9.59 Å². The Morgan fingerprint density at radius 3 is 2.75 bits per heavy atom. The average Bonchev–Trinajstić information content (AvgIpc) is 3.33. The second-order valence-electron chi connectivity index (χ2n) is 9.04. The van der Waals surface area contributed by atoms with Crippen molar-refractivity contribution in [3.8, 4) is 5.75 Å². The van der Waals surface area contributed by atoms with E-state index >= 15 is 0 Å². The van der Waals surface area contributed by atoms with Gasteiger partial charge in [0, 0.05) is 31.8 Å². The molecule has 1 atom stereocenters. The van der Waals surface area contributed by atoms with Crippen LogP contribution in [0.4, 0.5) is 0 Å². The fourth-order valence-electron chi connectivity index (χ4n) is 5.23. The van der Waals surface area contributed by atoms with Gasteiger partial charge in [-0.05, 0) is 62.3 Å². The first-order valence-corrected chi connectivity index (χ1v) is 11.4. The first-order valence-electron chi connectivity index (χ1n) is 11.4. The Bertz CT molecular complexity index is 1180. The van der Waals surface area contributed by atoms with Crippen LogP contribution in [0.1, 0.15) is 32.1 Å². The summed E-state index contributed by atoms with van der Waals surface area (Å²) in [6, 6.07) is 6.07. The van der Waals surface area contributed by atoms with Gasteiger partial charge < -0.3 is 15.0 Å². The molecule has 1 aliphatic carbocycles. The normalized spacial score (nSPS) is 24.5. The number of aryl methyl sites for hydroxylation is 1. The highest BCUT2D eigenvalue weighted by Crippen LogP contribution is 2.32. The zero-order chi connectivity index (χ0) is 22.2. The lowest BCUT2D eigenvalue weighted by Gasteiger charge is -2.30. The zero-order valence-corrected chi connectivity index (χ0v) is 18.7. The highest BCUT2D eigenvalue weighted by atomic mass is 16.5. The maximum absolute atomic E-state index is 12.9. The monoisotopic (exact) mass is 434 g/mol. The van der Waals surface area contributed by atoms with Crippen molar-refractivity contribution in [2.75, 3.05) is 7.11 Å². The first-order chi connectivity index (χ1) is 15.5. The number of methoxy groups -OCH3 is 1. The van der Waals surface area contributed by atoms with Crippen LogP contribution in [0.3, 0.4) is 0 Å². The van der Waals surface area contributed by atoms with Crippen LogP contribution in [0.5, 0.6) is 5.75 Å². The molecule has 0 spiro atoms. The lowest BCUT2D eigenvalue weighted by atomic mass is 9.81. The van der Waals surface area contributed by atoms with Gasteiger partial charge >= 0.3 is 5.69 Å². The number of nitrogens with zero attached hydrogens (tertiary/aromatic N) is 3. The molecule has 0 radical (unpaired) electrons. The molecule has 0 saturated heterocycles. The summed E-state index contributed by atoms with van der Waals surface area (Å²) in [6.07, 6.45) is 14.9. The minimum absolute atomic E-state index is 0.000481. The van der Waals surface area contributed by atoms with Gasteiger partial charge in [-0.1, -0.05) is 12.2 Å². The SMILES string of the molecule is COc1ccc2c(c1)n(CC1CCC(C(=O)NC3=CCC4C=CC=CN34)CC1)c(=O)n2C. The number of rotatable bonds is 5. The van der Waals surface area contributed by atoms with Crippen molar-refractivity contribution in [1.82, 2.24) is 19.4 Å². The van der Waals surface area contributed by atoms with Gasteiger partial charge in [0.15, 0.2) is 0 Å². The van der Waals surface area contributed by atoms with Crippen molar-refractivity contribution in [2.24, 2.45) is 18.9 Å². The van der Waals surface area contributed by atoms with Crippen LogP contribution in [0, 0.1) is 11.8 Å². The molecule has 5 rings (SSSR count). The summed E-state index contributed by atoms with van der Waals surface area (Å²) in [7, 11) is 3.45. The number of nitrogens with one attached hydrogen (secondary N) is 1. The Morgan fingerprint density at radius 1 is 1.16 bits per heavy atom. The van der Waals surface area contributed by atoms with E-state index in [-0.39, 0.29) is 17.5 Å². The fraction of sp³-hybridized carbons (Fsp3) is 0.440. The number of carbonyl (C=O) groups excluding carboxylic acids is 1. The molecule has 2 aromatic rings. The molecule has 3 heterocycles. The highest BCUT2D eigenvalue weighted by Gasteiger charge is 2.30. The van der Waals surface area contributed by atoms with E-state index < -0.39 is 0 Å². The quantitative estimate of drug-likeness (QED) is 0.784. The Morgan fingerprint density at radius 2 is 1.97 bits per heavy atom. The molecule has 1 saturated carbocycles. The number of allylic oxidation sites excluding steroid dienone is 2. The van der Waals surface area contributed by atoms with E-state index in [1.54, 1.807) is 11.7 Å². The van der Waals surface area contributed by atoms with Crippen LogP contribution in [0.25, 0.3) is 11.0 Å². The predicted octanol–water partition coefficient (Wildman–Crippen LogP) is 3.27. The zero-order valence-electron chi connectivity index (χ0n) is 18.7. The van der Waals surface area contributed by atoms with Gasteiger partial charge in [0.2, 0.25) is 5.91 Å². The van der Waals surface area contributed by atoms with Crippen LogP contribution in [0.2, 0.25) is 0 Å². The van der Waals surface area contributed by atoms with Gasteiger partial charge in [-0.3, -0.25) is 13.9 Å². The minimum atomic E-state index is -0.000481. The smallest absolute Gasteiger partial charge is 0.328 e. The first kappa shape index (κ1) is 20.7. The summed E-state index contributed by atoms with van der Waals surface area (Å²) in [5.74, 6) is 2.18. The van der Waals surface area contributed by atoms with Crippen LogP contribution in [-0.4, -0.2) is 33.1 Å². The van der Waals surface area contributed by atoms with E-state index in [0.29, 0.717) is 18.5 Å². The standard InChI is InChI=1S/C25H30N4O3/c1-27-21-12-11-20(32-2)15-22(21)29(25(27)31)16-17-6-8-18(9-7-17)24(30)26-23-13-10-19-5-3-4-14-28(19)23/h3-5,11-15,17-19H,6-10,16H2,1-2H3,(H,26,30). The van der Waals surface area contributed by atoms with Crippen LogP contribution >= 0.6 is 0 Å². The molecular formula is C25H30N4O3. The molecule has 7 heteroatoms. The van der Waals surface area contributed by atoms with E-state index in [0.717, 1.165) is 54.7 Å². The molecular weight excluding hydrogens is 404 g/mol. The van der Waals surface area contributed by atoms with Gasteiger partial charge in [-0.25, -0.2) is 4.79 Å². The molecule has 7 nitrogen and oxygen atoms in total. The summed E-state index contributed by atoms with van der Waals surface area (Å²) in [4.78, 5) is 27.9. The Balaban J connectivity index is 1.22. The molecule has 2 aliphatic heterocycles. The topological polar surface area (TPSA) is 68.5 Å². The van der Waals surface area contributed by atoms with Crippen LogP contribution < -0.4 is 15.7 Å². The molecule has 1 aromatic carbocycles. The third-order valence-electron chi connectivity index (χ3n) is 7.14. The molecule has 0 bridgehead atoms. The number of hydrogen-bond donors (Lipinski definition) is 1. The Hall–Kier alpha value is -3.22. The predicted molar refractivity (Wildman–Crippen MR) is 124 cm³/mol. The van der Waals surface area contributed by atoms with E-state index in [1.165, 1.54) is 0 Å². The van der Waals surface area contributed by atoms with Gasteiger partial charge in [0.05, 0.1) is 24.2 Å². The van der Waals surface area contributed by atoms with Crippen molar-refractivity contribution in [2.45, 2.75) is 44.7 Å². The minimum Gasteiger partial charge on any atom is -0.497 e. The molecule has 3 aliphatic rings. The maximum Gasteiger partial charge on any atom is 0.328 e. The average molecular weight is 435 g/mol. The summed E-state index contributed by atoms with van der Waals surface area (Å²) in [6.45, 7) is 0.676. The summed E-state index contributed by atoms with van der Waals surface area (Å²) < 4.78 is 8.92. The number of fused-ring (bicyclic) bond motifs is 2. The molecule has 1 N–H and O–H groups in total. The second-order valence-corrected chi connectivity index (χ2v) is 9.04. The Labute approximate surface area is 187 Å². The van der Waals surface area contributed by atoms with Crippen LogP contribution in [-0.2, 0) is 18.4 Å². The van der Waals surface area contributed by atoms with Crippen molar-refractivity contribution >= 4 is 16.9 Å². The maximum atomic E-state index is 12.9. The molecule has 1 aromatic heterocycles. The summed E-state index contributed by atoms with van der Waals surface area (Å²) in [5, 5.41) is 3.15. The number of carbonyl (C=O) groups is 1. The number of ether oxygens (including phenoxy) is 1. The summed E-state index contributed by atoms with van der Waals surface area (Å²) in [5.41, 5.74) is 1.82. The third kappa shape index (κ3) is 3.66. The van der Waals surface area contributed by atoms with Crippen LogP contribution in [0.15, 0.2) is 59.3 Å². The lowest BCUT2D eigenvalue weighted by Crippen LogP contribution is -2.38. The lowest BCUT2D eigenvalue weighted by molar-refractivity contribution is -0.125. The number of hydrogen-bond acceptors (Lipinski definition) is 4. The molecule has 1 fully saturated rings. The molecule has 1 amide bonds. The number of benzene rings is 1. The van der Waals surface area contributed by atoms with Gasteiger partial charge in [-0.15, -0.1) is 0 Å². The molecule has 1 unspecified atom stereocenters. The Kier molecular flexibility index (Phi) is 5.41. The number of aromatic nitrogens is 2. The van der Waals surface area contributed by atoms with Crippen molar-refractivity contribution in [3.05, 3.63) is 65.0 Å². The van der Waals surface area contributed by atoms with Gasteiger partial charge in [-0.2, -0.15) is 0 Å². The van der Waals surface area contributed by atoms with Crippen molar-refractivity contribution in [3.63, 3.8) is 0 Å². The molecule has 168 valence electrons. The highest BCUT2D eigenvalue weighted by molar-refractivity contribution is 5.80. The van der Waals surface area contributed by atoms with Gasteiger partial charge in [0.25, 0.3) is 0 Å². The fourth-order valence-corrected chi connectivity index (χ4v) is 5.23. The number of imidazole rings is 1.